The van der Waals surface area contributed by atoms with Crippen LogP contribution in [0.4, 0.5) is 23.1 Å². The maximum Gasteiger partial charge on any atom is 0.247 e. The minimum absolute atomic E-state index is 0.200. The number of nitrogens with zero attached hydrogens (tertiary/aromatic N) is 7. The van der Waals surface area contributed by atoms with E-state index in [0.717, 1.165) is 44.5 Å². The van der Waals surface area contributed by atoms with Crippen LogP contribution in [0.25, 0.3) is 5.65 Å². The number of hydrogen-bond donors (Lipinski definition) is 3. The predicted molar refractivity (Wildman–Crippen MR) is 126 cm³/mol. The normalized spacial score (nSPS) is 17.4. The van der Waals surface area contributed by atoms with Crippen LogP contribution in [0.15, 0.2) is 18.3 Å². The first-order chi connectivity index (χ1) is 15.9. The van der Waals surface area contributed by atoms with Gasteiger partial charge in [0, 0.05) is 24.7 Å². The molecule has 11 heteroatoms. The SMILES string of the molecule is CC1(N)CCN(c2cc(C#N)cc(Nc3nc(NC4CC4)c4ncc(C#N)n4n3)c2Cl)CC1. The number of hydrogen-bond acceptors (Lipinski definition) is 9. The lowest BCUT2D eigenvalue weighted by molar-refractivity contribution is 0.364. The average Bonchev–Trinajstić information content (AvgIpc) is 3.51. The van der Waals surface area contributed by atoms with Gasteiger partial charge in [-0.05, 0) is 44.7 Å². The van der Waals surface area contributed by atoms with Gasteiger partial charge in [-0.3, -0.25) is 0 Å². The molecule has 0 spiro atoms. The molecule has 2 fully saturated rings. The summed E-state index contributed by atoms with van der Waals surface area (Å²) in [6.07, 6.45) is 5.24. The second kappa shape index (κ2) is 8.07. The first-order valence-corrected chi connectivity index (χ1v) is 11.2. The van der Waals surface area contributed by atoms with Crippen LogP contribution in [0.5, 0.6) is 0 Å². The minimum atomic E-state index is -0.200. The van der Waals surface area contributed by atoms with E-state index >= 15 is 0 Å². The topological polar surface area (TPSA) is 144 Å². The van der Waals surface area contributed by atoms with E-state index in [9.17, 15) is 10.5 Å². The van der Waals surface area contributed by atoms with Gasteiger partial charge in [0.15, 0.2) is 17.2 Å². The van der Waals surface area contributed by atoms with Crippen LogP contribution >= 0.6 is 11.6 Å². The molecule has 0 amide bonds. The zero-order valence-electron chi connectivity index (χ0n) is 18.1. The highest BCUT2D eigenvalue weighted by Crippen LogP contribution is 2.38. The molecule has 0 bridgehead atoms. The summed E-state index contributed by atoms with van der Waals surface area (Å²) in [7, 11) is 0. The summed E-state index contributed by atoms with van der Waals surface area (Å²) in [5, 5.41) is 30.5. The summed E-state index contributed by atoms with van der Waals surface area (Å²) in [6, 6.07) is 8.10. The van der Waals surface area contributed by atoms with E-state index in [1.54, 1.807) is 12.1 Å². The van der Waals surface area contributed by atoms with Gasteiger partial charge in [-0.2, -0.15) is 20.0 Å². The van der Waals surface area contributed by atoms with Crippen LogP contribution in [0.1, 0.15) is 43.9 Å². The van der Waals surface area contributed by atoms with E-state index in [-0.39, 0.29) is 11.5 Å². The number of imidazole rings is 1. The quantitative estimate of drug-likeness (QED) is 0.520. The maximum absolute atomic E-state index is 9.61. The molecular formula is C22H23ClN10. The first-order valence-electron chi connectivity index (χ1n) is 10.8. The predicted octanol–water partition coefficient (Wildman–Crippen LogP) is 3.16. The Hall–Kier alpha value is -3.60. The monoisotopic (exact) mass is 462 g/mol. The number of piperidine rings is 1. The number of fused-ring (bicyclic) bond motifs is 1. The molecule has 10 nitrogen and oxygen atoms in total. The zero-order chi connectivity index (χ0) is 23.2. The van der Waals surface area contributed by atoms with Crippen molar-refractivity contribution in [1.82, 2.24) is 19.6 Å². The third-order valence-corrected chi connectivity index (χ3v) is 6.47. The van der Waals surface area contributed by atoms with E-state index in [4.69, 9.17) is 17.3 Å². The molecule has 5 rings (SSSR count). The Labute approximate surface area is 196 Å². The number of nitrogens with one attached hydrogen (secondary N) is 2. The van der Waals surface area contributed by atoms with Crippen molar-refractivity contribution < 1.29 is 0 Å². The second-order valence-electron chi connectivity index (χ2n) is 8.93. The van der Waals surface area contributed by atoms with Gasteiger partial charge in [0.1, 0.15) is 6.07 Å². The summed E-state index contributed by atoms with van der Waals surface area (Å²) >= 11 is 6.79. The molecule has 1 saturated heterocycles. The lowest BCUT2D eigenvalue weighted by Gasteiger charge is -2.38. The van der Waals surface area contributed by atoms with Crippen molar-refractivity contribution in [3.05, 3.63) is 34.6 Å². The molecule has 1 aliphatic carbocycles. The van der Waals surface area contributed by atoms with E-state index in [1.807, 2.05) is 0 Å². The molecule has 0 atom stereocenters. The van der Waals surface area contributed by atoms with Crippen molar-refractivity contribution in [3.8, 4) is 12.1 Å². The van der Waals surface area contributed by atoms with Crippen molar-refractivity contribution in [2.24, 2.45) is 5.73 Å². The highest BCUT2D eigenvalue weighted by Gasteiger charge is 2.28. The van der Waals surface area contributed by atoms with E-state index < -0.39 is 0 Å². The van der Waals surface area contributed by atoms with Crippen LogP contribution in [-0.4, -0.2) is 44.3 Å². The third-order valence-electron chi connectivity index (χ3n) is 6.07. The first kappa shape index (κ1) is 21.3. The Bertz CT molecular complexity index is 1300. The van der Waals surface area contributed by atoms with Gasteiger partial charge < -0.3 is 21.3 Å². The Morgan fingerprint density at radius 2 is 1.97 bits per heavy atom. The van der Waals surface area contributed by atoms with Gasteiger partial charge >= 0.3 is 0 Å². The van der Waals surface area contributed by atoms with Gasteiger partial charge in [0.05, 0.1) is 34.2 Å². The minimum Gasteiger partial charge on any atom is -0.370 e. The largest absolute Gasteiger partial charge is 0.370 e. The second-order valence-corrected chi connectivity index (χ2v) is 9.31. The number of aromatic nitrogens is 4. The van der Waals surface area contributed by atoms with Gasteiger partial charge in [-0.15, -0.1) is 5.10 Å². The summed E-state index contributed by atoms with van der Waals surface area (Å²) in [4.78, 5) is 11.0. The van der Waals surface area contributed by atoms with Crippen LogP contribution < -0.4 is 21.3 Å². The summed E-state index contributed by atoms with van der Waals surface area (Å²) in [5.41, 5.74) is 8.62. The molecule has 3 heterocycles. The zero-order valence-corrected chi connectivity index (χ0v) is 18.9. The third kappa shape index (κ3) is 4.23. The number of benzene rings is 1. The van der Waals surface area contributed by atoms with Crippen molar-refractivity contribution in [2.45, 2.75) is 44.2 Å². The number of nitriles is 2. The highest BCUT2D eigenvalue weighted by atomic mass is 35.5. The standard InChI is InChI=1S/C22H23ClN10/c1-22(26)4-6-32(7-5-22)17-9-13(10-24)8-16(18(17)23)29-21-30-19(28-14-2-3-14)20-27-12-15(11-25)33(20)31-21/h8-9,12,14H,2-7,26H2,1H3,(H2,28,29,30,31). The number of anilines is 4. The average molecular weight is 463 g/mol. The fourth-order valence-corrected chi connectivity index (χ4v) is 4.18. The molecule has 0 unspecified atom stereocenters. The molecule has 1 aromatic carbocycles. The molecule has 2 aromatic heterocycles. The molecule has 2 aliphatic rings. The van der Waals surface area contributed by atoms with E-state index in [1.165, 1.54) is 10.7 Å². The molecule has 1 aliphatic heterocycles. The smallest absolute Gasteiger partial charge is 0.247 e. The highest BCUT2D eigenvalue weighted by molar-refractivity contribution is 6.36. The number of nitrogens with two attached hydrogens (primary N) is 1. The Kier molecular flexibility index (Phi) is 5.20. The van der Waals surface area contributed by atoms with Crippen LogP contribution in [-0.2, 0) is 0 Å². The summed E-state index contributed by atoms with van der Waals surface area (Å²) in [5.74, 6) is 0.791. The lowest BCUT2D eigenvalue weighted by Crippen LogP contribution is -2.48. The molecule has 3 aromatic rings. The van der Waals surface area contributed by atoms with Gasteiger partial charge in [-0.1, -0.05) is 11.6 Å². The van der Waals surface area contributed by atoms with E-state index in [0.29, 0.717) is 39.5 Å². The van der Waals surface area contributed by atoms with Crippen molar-refractivity contribution in [2.75, 3.05) is 28.6 Å². The molecule has 1 saturated carbocycles. The number of rotatable bonds is 5. The molecule has 4 N–H and O–H groups in total. The molecule has 33 heavy (non-hydrogen) atoms. The Morgan fingerprint density at radius 1 is 1.21 bits per heavy atom. The van der Waals surface area contributed by atoms with Crippen LogP contribution in [0, 0.1) is 22.7 Å². The van der Waals surface area contributed by atoms with Crippen molar-refractivity contribution >= 4 is 40.4 Å². The molecule has 0 radical (unpaired) electrons. The Morgan fingerprint density at radius 3 is 2.64 bits per heavy atom. The van der Waals surface area contributed by atoms with Gasteiger partial charge in [0.25, 0.3) is 0 Å². The van der Waals surface area contributed by atoms with E-state index in [2.05, 4.69) is 49.7 Å². The lowest BCUT2D eigenvalue weighted by atomic mass is 9.90. The van der Waals surface area contributed by atoms with Crippen LogP contribution in [0.2, 0.25) is 5.02 Å². The summed E-state index contributed by atoms with van der Waals surface area (Å²) < 4.78 is 1.45. The van der Waals surface area contributed by atoms with Crippen molar-refractivity contribution in [1.29, 1.82) is 10.5 Å². The molecule has 168 valence electrons. The summed E-state index contributed by atoms with van der Waals surface area (Å²) in [6.45, 7) is 3.55. The van der Waals surface area contributed by atoms with Gasteiger partial charge in [-0.25, -0.2) is 4.98 Å². The van der Waals surface area contributed by atoms with Gasteiger partial charge in [0.2, 0.25) is 5.95 Å². The van der Waals surface area contributed by atoms with Crippen molar-refractivity contribution in [3.63, 3.8) is 0 Å². The Balaban J connectivity index is 1.52. The van der Waals surface area contributed by atoms with Crippen LogP contribution in [0.3, 0.4) is 0 Å². The fourth-order valence-electron chi connectivity index (χ4n) is 3.90. The fraction of sp³-hybridized carbons (Fsp3) is 0.409. The molecular weight excluding hydrogens is 440 g/mol. The number of halogens is 1. The maximum atomic E-state index is 9.61.